The largest absolute Gasteiger partial charge is 0.460 e. The lowest BCUT2D eigenvalue weighted by Gasteiger charge is -2.31. The number of nitro benzene ring substituents is 2. The molecule has 2 unspecified atom stereocenters. The van der Waals surface area contributed by atoms with Crippen LogP contribution in [0.15, 0.2) is 89.3 Å². The molecule has 0 spiro atoms. The predicted octanol–water partition coefficient (Wildman–Crippen LogP) is 4.26. The first kappa shape index (κ1) is 28.7. The molecule has 1 aliphatic heterocycles. The topological polar surface area (TPSA) is 155 Å². The van der Waals surface area contributed by atoms with Crippen molar-refractivity contribution in [3.63, 3.8) is 0 Å². The van der Waals surface area contributed by atoms with Crippen molar-refractivity contribution in [2.24, 2.45) is 18.0 Å². The number of allylic oxidation sites excluding steroid dienone is 1. The Morgan fingerprint density at radius 2 is 1.41 bits per heavy atom. The zero-order chi connectivity index (χ0) is 29.7. The van der Waals surface area contributed by atoms with Gasteiger partial charge < -0.3 is 9.47 Å². The second-order valence-electron chi connectivity index (χ2n) is 9.54. The first-order valence-corrected chi connectivity index (χ1v) is 12.6. The number of carbonyl (C=O) groups is 2. The van der Waals surface area contributed by atoms with Gasteiger partial charge in [0.15, 0.2) is 12.4 Å². The SMILES string of the molecule is CC1=NC(C)=C(C(=O)OCc2ccc([N+](=O)[O-])cc2)C(c2ccc[n+](C)c2)C1C(=O)OCc1ccc([N+](=O)[O-])cc1. The van der Waals surface area contributed by atoms with Gasteiger partial charge >= 0.3 is 11.9 Å². The van der Waals surface area contributed by atoms with Crippen LogP contribution in [-0.2, 0) is 39.3 Å². The number of aryl methyl sites for hydroxylation is 1. The minimum absolute atomic E-state index is 0.0789. The third-order valence-electron chi connectivity index (χ3n) is 6.67. The molecule has 4 rings (SSSR count). The summed E-state index contributed by atoms with van der Waals surface area (Å²) < 4.78 is 13.0. The summed E-state index contributed by atoms with van der Waals surface area (Å²) in [6.45, 7) is 3.09. The number of aliphatic imine (C=N–C) groups is 1. The van der Waals surface area contributed by atoms with E-state index in [4.69, 9.17) is 9.47 Å². The number of non-ortho nitro benzene ring substituents is 2. The highest BCUT2D eigenvalue weighted by Gasteiger charge is 2.43. The average molecular weight is 560 g/mol. The van der Waals surface area contributed by atoms with Crippen LogP contribution >= 0.6 is 0 Å². The molecule has 0 saturated heterocycles. The zero-order valence-electron chi connectivity index (χ0n) is 22.6. The maximum absolute atomic E-state index is 13.5. The van der Waals surface area contributed by atoms with E-state index in [0.717, 1.165) is 0 Å². The molecule has 0 N–H and O–H groups in total. The molecule has 0 amide bonds. The Morgan fingerprint density at radius 1 is 0.878 bits per heavy atom. The van der Waals surface area contributed by atoms with Crippen molar-refractivity contribution in [1.29, 1.82) is 0 Å². The molecule has 0 fully saturated rings. The van der Waals surface area contributed by atoms with Crippen LogP contribution in [0.1, 0.15) is 36.5 Å². The van der Waals surface area contributed by atoms with E-state index in [0.29, 0.717) is 28.1 Å². The van der Waals surface area contributed by atoms with Crippen molar-refractivity contribution in [2.75, 3.05) is 0 Å². The normalized spacial score (nSPS) is 16.5. The molecule has 0 saturated carbocycles. The first-order chi connectivity index (χ1) is 19.5. The summed E-state index contributed by atoms with van der Waals surface area (Å²) in [4.78, 5) is 52.3. The summed E-state index contributed by atoms with van der Waals surface area (Å²) >= 11 is 0. The molecular weight excluding hydrogens is 532 g/mol. The monoisotopic (exact) mass is 559 g/mol. The van der Waals surface area contributed by atoms with Gasteiger partial charge in [-0.15, -0.1) is 0 Å². The van der Waals surface area contributed by atoms with Gasteiger partial charge in [-0.3, -0.25) is 30.0 Å². The van der Waals surface area contributed by atoms with Crippen LogP contribution < -0.4 is 4.57 Å². The summed E-state index contributed by atoms with van der Waals surface area (Å²) in [7, 11) is 1.82. The zero-order valence-corrected chi connectivity index (χ0v) is 22.6. The van der Waals surface area contributed by atoms with Crippen molar-refractivity contribution in [3.8, 4) is 0 Å². The molecule has 1 aromatic heterocycles. The molecule has 12 nitrogen and oxygen atoms in total. The van der Waals surface area contributed by atoms with E-state index < -0.39 is 33.6 Å². The first-order valence-electron chi connectivity index (χ1n) is 12.6. The molecule has 0 radical (unpaired) electrons. The van der Waals surface area contributed by atoms with Gasteiger partial charge in [0, 0.05) is 53.2 Å². The van der Waals surface area contributed by atoms with Crippen molar-refractivity contribution in [2.45, 2.75) is 33.0 Å². The fourth-order valence-electron chi connectivity index (χ4n) is 4.66. The van der Waals surface area contributed by atoms with Crippen molar-refractivity contribution >= 4 is 29.0 Å². The van der Waals surface area contributed by atoms with Crippen LogP contribution in [0.25, 0.3) is 0 Å². The van der Waals surface area contributed by atoms with E-state index in [1.165, 1.54) is 48.5 Å². The number of rotatable bonds is 9. The lowest BCUT2D eigenvalue weighted by Crippen LogP contribution is -2.38. The summed E-state index contributed by atoms with van der Waals surface area (Å²) in [5, 5.41) is 21.9. The Balaban J connectivity index is 1.60. The second kappa shape index (κ2) is 12.3. The average Bonchev–Trinajstić information content (AvgIpc) is 2.94. The maximum atomic E-state index is 13.5. The molecular formula is C29H27N4O8+. The third kappa shape index (κ3) is 6.67. The lowest BCUT2D eigenvalue weighted by atomic mass is 9.76. The van der Waals surface area contributed by atoms with E-state index in [1.54, 1.807) is 36.7 Å². The Morgan fingerprint density at radius 3 is 1.93 bits per heavy atom. The molecule has 1 aliphatic rings. The van der Waals surface area contributed by atoms with Crippen LogP contribution in [0.3, 0.4) is 0 Å². The van der Waals surface area contributed by atoms with Gasteiger partial charge in [0.25, 0.3) is 11.4 Å². The molecule has 0 aliphatic carbocycles. The second-order valence-corrected chi connectivity index (χ2v) is 9.54. The number of nitro groups is 2. The van der Waals surface area contributed by atoms with Gasteiger partial charge in [-0.1, -0.05) is 0 Å². The van der Waals surface area contributed by atoms with Crippen LogP contribution in [0.2, 0.25) is 0 Å². The minimum Gasteiger partial charge on any atom is -0.460 e. The van der Waals surface area contributed by atoms with E-state index in [1.807, 2.05) is 13.2 Å². The summed E-state index contributed by atoms with van der Waals surface area (Å²) in [5.74, 6) is -3.01. The van der Waals surface area contributed by atoms with Crippen molar-refractivity contribution < 1.29 is 33.5 Å². The Labute approximate surface area is 234 Å². The smallest absolute Gasteiger partial charge is 0.336 e. The number of ether oxygens (including phenoxy) is 2. The lowest BCUT2D eigenvalue weighted by molar-refractivity contribution is -0.672. The molecule has 41 heavy (non-hydrogen) atoms. The number of hydrogen-bond acceptors (Lipinski definition) is 9. The molecule has 2 atom stereocenters. The van der Waals surface area contributed by atoms with Gasteiger partial charge in [0.1, 0.15) is 26.2 Å². The minimum atomic E-state index is -0.943. The van der Waals surface area contributed by atoms with Crippen molar-refractivity contribution in [3.05, 3.63) is 121 Å². The van der Waals surface area contributed by atoms with Gasteiger partial charge in [0.2, 0.25) is 0 Å². The molecule has 210 valence electrons. The maximum Gasteiger partial charge on any atom is 0.336 e. The van der Waals surface area contributed by atoms with Gasteiger partial charge in [-0.25, -0.2) is 9.36 Å². The quantitative estimate of drug-likeness (QED) is 0.163. The Bertz CT molecular complexity index is 1560. The number of hydrogen-bond donors (Lipinski definition) is 0. The fraction of sp³-hybridized carbons (Fsp3) is 0.241. The molecule has 12 heteroatoms. The molecule has 2 aromatic carbocycles. The van der Waals surface area contributed by atoms with E-state index >= 15 is 0 Å². The van der Waals surface area contributed by atoms with E-state index in [9.17, 15) is 29.8 Å². The Kier molecular flexibility index (Phi) is 8.61. The van der Waals surface area contributed by atoms with Crippen LogP contribution in [0, 0.1) is 26.1 Å². The molecule has 3 aromatic rings. The Hall–Kier alpha value is -5.26. The number of carbonyl (C=O) groups excluding carboxylic acids is 2. The highest BCUT2D eigenvalue weighted by Crippen LogP contribution is 2.40. The highest BCUT2D eigenvalue weighted by molar-refractivity contribution is 6.07. The van der Waals surface area contributed by atoms with Crippen LogP contribution in [0.5, 0.6) is 0 Å². The third-order valence-corrected chi connectivity index (χ3v) is 6.67. The van der Waals surface area contributed by atoms with Crippen LogP contribution in [-0.4, -0.2) is 27.5 Å². The number of esters is 2. The highest BCUT2D eigenvalue weighted by atomic mass is 16.6. The summed E-state index contributed by atoms with van der Waals surface area (Å²) in [6, 6.07) is 14.9. The predicted molar refractivity (Wildman–Crippen MR) is 145 cm³/mol. The van der Waals surface area contributed by atoms with Gasteiger partial charge in [-0.05, 0) is 55.3 Å². The fourth-order valence-corrected chi connectivity index (χ4v) is 4.66. The standard InChI is InChI=1S/C29H27N4O8/c1-18-25(28(34)40-16-20-6-10-23(11-7-20)32(36)37)27(22-5-4-14-31(3)15-22)26(19(2)30-18)29(35)41-17-21-8-12-24(13-9-21)33(38)39/h4-15,25,27H,16-17H2,1-3H3/q+1. The number of aromatic nitrogens is 1. The van der Waals surface area contributed by atoms with Gasteiger partial charge in [-0.2, -0.15) is 0 Å². The van der Waals surface area contributed by atoms with E-state index in [2.05, 4.69) is 4.99 Å². The number of nitrogens with zero attached hydrogens (tertiary/aromatic N) is 4. The summed E-state index contributed by atoms with van der Waals surface area (Å²) in [6.07, 6.45) is 3.62. The van der Waals surface area contributed by atoms with Gasteiger partial charge in [0.05, 0.1) is 15.4 Å². The van der Waals surface area contributed by atoms with Crippen molar-refractivity contribution in [1.82, 2.24) is 0 Å². The van der Waals surface area contributed by atoms with Crippen LogP contribution in [0.4, 0.5) is 11.4 Å². The summed E-state index contributed by atoms with van der Waals surface area (Å²) in [5.41, 5.74) is 2.68. The number of pyridine rings is 1. The molecule has 2 heterocycles. The van der Waals surface area contributed by atoms with E-state index in [-0.39, 0.29) is 30.2 Å². The number of benzene rings is 2. The molecule has 0 bridgehead atoms.